The first-order chi connectivity index (χ1) is 5.75. The van der Waals surface area contributed by atoms with E-state index in [1.54, 1.807) is 12.3 Å². The van der Waals surface area contributed by atoms with Gasteiger partial charge in [-0.05, 0) is 31.8 Å². The van der Waals surface area contributed by atoms with Crippen molar-refractivity contribution in [3.63, 3.8) is 0 Å². The van der Waals surface area contributed by atoms with E-state index in [1.807, 2.05) is 0 Å². The number of rotatable bonds is 0. The van der Waals surface area contributed by atoms with Gasteiger partial charge in [-0.2, -0.15) is 0 Å². The minimum absolute atomic E-state index is 0. The van der Waals surface area contributed by atoms with Gasteiger partial charge in [0.1, 0.15) is 11.7 Å². The standard InChI is InChI=1S/C9H12O2S.H2O/c10-7-3-6-11-9(8(7)12)4-1-2-5-9;/h3,6-7,10H,1-2,4-5H2;1H2. The van der Waals surface area contributed by atoms with Gasteiger partial charge in [0.15, 0.2) is 0 Å². The van der Waals surface area contributed by atoms with Crippen LogP contribution >= 0.6 is 12.2 Å². The molecule has 1 unspecified atom stereocenters. The van der Waals surface area contributed by atoms with Gasteiger partial charge in [0, 0.05) is 0 Å². The van der Waals surface area contributed by atoms with Crippen molar-refractivity contribution < 1.29 is 15.3 Å². The van der Waals surface area contributed by atoms with Crippen LogP contribution in [-0.4, -0.2) is 27.2 Å². The smallest absolute Gasteiger partial charge is 0.142 e. The van der Waals surface area contributed by atoms with Crippen molar-refractivity contribution in [3.05, 3.63) is 12.3 Å². The van der Waals surface area contributed by atoms with E-state index in [0.717, 1.165) is 25.7 Å². The first-order valence-corrected chi connectivity index (χ1v) is 4.72. The van der Waals surface area contributed by atoms with Crippen LogP contribution in [0.1, 0.15) is 25.7 Å². The van der Waals surface area contributed by atoms with Crippen LogP contribution in [0, 0.1) is 0 Å². The maximum absolute atomic E-state index is 9.50. The number of thiocarbonyl (C=S) groups is 1. The highest BCUT2D eigenvalue weighted by Crippen LogP contribution is 2.37. The number of hydrogen-bond donors (Lipinski definition) is 1. The zero-order valence-electron chi connectivity index (χ0n) is 7.32. The van der Waals surface area contributed by atoms with E-state index in [0.29, 0.717) is 4.86 Å². The molecule has 0 aromatic heterocycles. The van der Waals surface area contributed by atoms with Crippen molar-refractivity contribution in [2.24, 2.45) is 0 Å². The Morgan fingerprint density at radius 1 is 1.46 bits per heavy atom. The topological polar surface area (TPSA) is 61.0 Å². The van der Waals surface area contributed by atoms with Crippen molar-refractivity contribution in [1.82, 2.24) is 0 Å². The molecule has 1 aliphatic heterocycles. The molecule has 1 aliphatic carbocycles. The average molecular weight is 202 g/mol. The van der Waals surface area contributed by atoms with Gasteiger partial charge in [-0.1, -0.05) is 12.2 Å². The maximum atomic E-state index is 9.50. The van der Waals surface area contributed by atoms with Crippen molar-refractivity contribution in [1.29, 1.82) is 0 Å². The summed E-state index contributed by atoms with van der Waals surface area (Å²) in [6, 6.07) is 0. The zero-order valence-corrected chi connectivity index (χ0v) is 8.14. The summed E-state index contributed by atoms with van der Waals surface area (Å²) in [4.78, 5) is 0.669. The summed E-state index contributed by atoms with van der Waals surface area (Å²) in [6.45, 7) is 0. The van der Waals surface area contributed by atoms with E-state index >= 15 is 0 Å². The summed E-state index contributed by atoms with van der Waals surface area (Å²) < 4.78 is 5.53. The summed E-state index contributed by atoms with van der Waals surface area (Å²) in [5.41, 5.74) is -0.302. The number of aliphatic hydroxyl groups excluding tert-OH is 1. The number of hydrogen-bond acceptors (Lipinski definition) is 3. The molecule has 0 saturated heterocycles. The van der Waals surface area contributed by atoms with Gasteiger partial charge >= 0.3 is 0 Å². The first-order valence-electron chi connectivity index (χ1n) is 4.31. The van der Waals surface area contributed by atoms with E-state index < -0.39 is 6.10 Å². The lowest BCUT2D eigenvalue weighted by Gasteiger charge is -2.33. The third kappa shape index (κ3) is 1.61. The molecule has 1 saturated carbocycles. The summed E-state index contributed by atoms with van der Waals surface area (Å²) in [7, 11) is 0. The molecule has 2 rings (SSSR count). The molecule has 0 aromatic rings. The fourth-order valence-electron chi connectivity index (χ4n) is 1.97. The minimum atomic E-state index is -0.577. The molecule has 0 aromatic carbocycles. The molecule has 3 N–H and O–H groups in total. The van der Waals surface area contributed by atoms with Crippen LogP contribution in [0.4, 0.5) is 0 Å². The molecule has 13 heavy (non-hydrogen) atoms. The van der Waals surface area contributed by atoms with Crippen molar-refractivity contribution in [2.45, 2.75) is 37.4 Å². The highest BCUT2D eigenvalue weighted by molar-refractivity contribution is 7.80. The van der Waals surface area contributed by atoms with E-state index in [2.05, 4.69) is 0 Å². The Labute approximate surface area is 82.7 Å². The van der Waals surface area contributed by atoms with Gasteiger partial charge in [-0.25, -0.2) is 0 Å². The van der Waals surface area contributed by atoms with Gasteiger partial charge < -0.3 is 15.3 Å². The van der Waals surface area contributed by atoms with Gasteiger partial charge in [0.25, 0.3) is 0 Å². The van der Waals surface area contributed by atoms with Crippen molar-refractivity contribution in [2.75, 3.05) is 0 Å². The minimum Gasteiger partial charge on any atom is -0.490 e. The summed E-state index contributed by atoms with van der Waals surface area (Å²) >= 11 is 5.17. The van der Waals surface area contributed by atoms with Crippen LogP contribution in [0.2, 0.25) is 0 Å². The fourth-order valence-corrected chi connectivity index (χ4v) is 2.30. The number of aliphatic hydroxyl groups is 1. The van der Waals surface area contributed by atoms with Crippen molar-refractivity contribution in [3.8, 4) is 0 Å². The largest absolute Gasteiger partial charge is 0.490 e. The van der Waals surface area contributed by atoms with Gasteiger partial charge in [0.2, 0.25) is 0 Å². The lowest BCUT2D eigenvalue weighted by atomic mass is 9.92. The van der Waals surface area contributed by atoms with Crippen molar-refractivity contribution >= 4 is 17.1 Å². The van der Waals surface area contributed by atoms with Crippen LogP contribution in [0.5, 0.6) is 0 Å². The summed E-state index contributed by atoms with van der Waals surface area (Å²) in [5, 5.41) is 9.50. The predicted molar refractivity (Wildman–Crippen MR) is 53.6 cm³/mol. The summed E-state index contributed by atoms with van der Waals surface area (Å²) in [6.07, 6.45) is 6.85. The fraction of sp³-hybridized carbons (Fsp3) is 0.667. The SMILES string of the molecule is O.OC1C=COC2(CCCC2)C1=S. The quantitative estimate of drug-likeness (QED) is 0.590. The van der Waals surface area contributed by atoms with E-state index in [1.165, 1.54) is 0 Å². The molecule has 2 aliphatic rings. The van der Waals surface area contributed by atoms with Crippen LogP contribution in [0.3, 0.4) is 0 Å². The second kappa shape index (κ2) is 3.74. The third-order valence-corrected chi connectivity index (χ3v) is 3.30. The van der Waals surface area contributed by atoms with Crippen LogP contribution < -0.4 is 0 Å². The number of ether oxygens (including phenoxy) is 1. The molecule has 0 bridgehead atoms. The Kier molecular flexibility index (Phi) is 3.05. The normalized spacial score (nSPS) is 29.9. The predicted octanol–water partition coefficient (Wildman–Crippen LogP) is 0.749. The van der Waals surface area contributed by atoms with E-state index in [4.69, 9.17) is 17.0 Å². The van der Waals surface area contributed by atoms with Crippen LogP contribution in [0.15, 0.2) is 12.3 Å². The second-order valence-electron chi connectivity index (χ2n) is 3.46. The Morgan fingerprint density at radius 3 is 2.69 bits per heavy atom. The molecule has 3 nitrogen and oxygen atoms in total. The second-order valence-corrected chi connectivity index (χ2v) is 3.90. The molecular weight excluding hydrogens is 188 g/mol. The van der Waals surface area contributed by atoms with E-state index in [-0.39, 0.29) is 11.1 Å². The molecule has 0 amide bonds. The lowest BCUT2D eigenvalue weighted by Crippen LogP contribution is -2.44. The van der Waals surface area contributed by atoms with Gasteiger partial charge in [0.05, 0.1) is 11.1 Å². The van der Waals surface area contributed by atoms with Gasteiger partial charge in [-0.3, -0.25) is 0 Å². The Bertz CT molecular complexity index is 231. The lowest BCUT2D eigenvalue weighted by molar-refractivity contribution is 0.0741. The maximum Gasteiger partial charge on any atom is 0.142 e. The van der Waals surface area contributed by atoms with E-state index in [9.17, 15) is 5.11 Å². The molecule has 4 heteroatoms. The summed E-state index contributed by atoms with van der Waals surface area (Å²) in [5.74, 6) is 0. The molecular formula is C9H14O3S. The Balaban J connectivity index is 0.000000845. The third-order valence-electron chi connectivity index (χ3n) is 2.68. The van der Waals surface area contributed by atoms with Crippen LogP contribution in [-0.2, 0) is 4.74 Å². The molecule has 74 valence electrons. The molecule has 1 heterocycles. The Hall–Kier alpha value is -0.450. The Morgan fingerprint density at radius 2 is 2.08 bits per heavy atom. The highest BCUT2D eigenvalue weighted by atomic mass is 32.1. The molecule has 1 spiro atoms. The molecule has 1 fully saturated rings. The first kappa shape index (κ1) is 10.6. The monoisotopic (exact) mass is 202 g/mol. The average Bonchev–Trinajstić information content (AvgIpc) is 2.50. The van der Waals surface area contributed by atoms with Crippen LogP contribution in [0.25, 0.3) is 0 Å². The zero-order chi connectivity index (χ0) is 8.60. The molecule has 1 atom stereocenters. The highest BCUT2D eigenvalue weighted by Gasteiger charge is 2.43. The van der Waals surface area contributed by atoms with Gasteiger partial charge in [-0.15, -0.1) is 0 Å². The molecule has 0 radical (unpaired) electrons.